The molecular formula is C22H24N6OS. The average Bonchev–Trinajstić information content (AvgIpc) is 3.14. The van der Waals surface area contributed by atoms with Gasteiger partial charge < -0.3 is 10.1 Å². The Morgan fingerprint density at radius 1 is 1.23 bits per heavy atom. The lowest BCUT2D eigenvalue weighted by molar-refractivity contribution is 0.415. The van der Waals surface area contributed by atoms with Crippen LogP contribution < -0.4 is 10.1 Å². The summed E-state index contributed by atoms with van der Waals surface area (Å²) in [6.07, 6.45) is 6.59. The number of ether oxygens (including phenoxy) is 1. The minimum atomic E-state index is 0.639. The van der Waals surface area contributed by atoms with Crippen LogP contribution in [0.25, 0.3) is 21.8 Å². The molecule has 0 unspecified atom stereocenters. The minimum absolute atomic E-state index is 0.639. The topological polar surface area (TPSA) is 80.6 Å². The number of aromatic amines is 1. The van der Waals surface area contributed by atoms with Crippen molar-refractivity contribution in [3.05, 3.63) is 54.0 Å². The molecule has 1 fully saturated rings. The Balaban J connectivity index is 1.29. The van der Waals surface area contributed by atoms with Crippen LogP contribution in [-0.4, -0.2) is 32.1 Å². The molecule has 0 aliphatic heterocycles. The number of thiazole rings is 1. The number of hydrogen-bond donors (Lipinski definition) is 2. The van der Waals surface area contributed by atoms with Gasteiger partial charge in [-0.15, -0.1) is 0 Å². The van der Waals surface area contributed by atoms with Crippen molar-refractivity contribution in [3.63, 3.8) is 0 Å². The zero-order valence-corrected chi connectivity index (χ0v) is 17.9. The van der Waals surface area contributed by atoms with E-state index >= 15 is 0 Å². The molecule has 2 N–H and O–H groups in total. The first-order chi connectivity index (χ1) is 14.7. The van der Waals surface area contributed by atoms with Crippen molar-refractivity contribution in [2.24, 2.45) is 5.92 Å². The van der Waals surface area contributed by atoms with Crippen molar-refractivity contribution < 1.29 is 4.74 Å². The van der Waals surface area contributed by atoms with Gasteiger partial charge in [0, 0.05) is 30.4 Å². The maximum absolute atomic E-state index is 5.24. The molecule has 30 heavy (non-hydrogen) atoms. The van der Waals surface area contributed by atoms with Crippen LogP contribution in [0.4, 0.5) is 5.13 Å². The fraction of sp³-hybridized carbons (Fsp3) is 0.318. The van der Waals surface area contributed by atoms with Gasteiger partial charge in [-0.1, -0.05) is 11.3 Å². The maximum Gasteiger partial charge on any atom is 0.183 e. The molecular weight excluding hydrogens is 396 g/mol. The normalized spacial score (nSPS) is 13.5. The number of aryl methyl sites for hydroxylation is 1. The van der Waals surface area contributed by atoms with Crippen LogP contribution >= 0.6 is 11.3 Å². The van der Waals surface area contributed by atoms with E-state index in [1.807, 2.05) is 37.4 Å². The van der Waals surface area contributed by atoms with E-state index in [9.17, 15) is 0 Å². The molecule has 3 aromatic heterocycles. The van der Waals surface area contributed by atoms with Crippen molar-refractivity contribution in [2.75, 3.05) is 12.4 Å². The fourth-order valence-corrected chi connectivity index (χ4v) is 4.41. The molecule has 0 spiro atoms. The zero-order valence-electron chi connectivity index (χ0n) is 17.1. The van der Waals surface area contributed by atoms with Crippen molar-refractivity contribution >= 4 is 16.5 Å². The van der Waals surface area contributed by atoms with Crippen LogP contribution in [0.5, 0.6) is 5.75 Å². The first-order valence-electron chi connectivity index (χ1n) is 10.1. The Morgan fingerprint density at radius 2 is 2.07 bits per heavy atom. The number of methoxy groups -OCH3 is 1. The van der Waals surface area contributed by atoms with E-state index in [4.69, 9.17) is 14.8 Å². The summed E-state index contributed by atoms with van der Waals surface area (Å²) in [7, 11) is 1.67. The van der Waals surface area contributed by atoms with Gasteiger partial charge in [-0.05, 0) is 56.0 Å². The van der Waals surface area contributed by atoms with Gasteiger partial charge in [-0.25, -0.2) is 4.98 Å². The number of rotatable bonds is 8. The Bertz CT molecular complexity index is 1140. The smallest absolute Gasteiger partial charge is 0.183 e. The summed E-state index contributed by atoms with van der Waals surface area (Å²) in [6.45, 7) is 3.70. The highest BCUT2D eigenvalue weighted by Gasteiger charge is 2.22. The summed E-state index contributed by atoms with van der Waals surface area (Å²) in [5.41, 5.74) is 5.16. The predicted octanol–water partition coefficient (Wildman–Crippen LogP) is 4.74. The molecule has 7 nitrogen and oxygen atoms in total. The van der Waals surface area contributed by atoms with Crippen molar-refractivity contribution in [1.82, 2.24) is 25.0 Å². The number of nitrogens with one attached hydrogen (secondary N) is 2. The zero-order chi connectivity index (χ0) is 20.5. The molecule has 8 heteroatoms. The van der Waals surface area contributed by atoms with Gasteiger partial charge in [0.15, 0.2) is 5.13 Å². The van der Waals surface area contributed by atoms with Gasteiger partial charge in [-0.2, -0.15) is 10.2 Å². The third-order valence-corrected chi connectivity index (χ3v) is 6.48. The number of anilines is 1. The van der Waals surface area contributed by atoms with Crippen LogP contribution in [0.3, 0.4) is 0 Å². The molecule has 1 aliphatic rings. The third-order valence-electron chi connectivity index (χ3n) is 5.34. The lowest BCUT2D eigenvalue weighted by atomic mass is 10.1. The average molecular weight is 421 g/mol. The molecule has 3 heterocycles. The second-order valence-corrected chi connectivity index (χ2v) is 8.65. The predicted molar refractivity (Wildman–Crippen MR) is 119 cm³/mol. The Hall–Kier alpha value is -3.13. The lowest BCUT2D eigenvalue weighted by Gasteiger charge is -2.05. The van der Waals surface area contributed by atoms with Crippen molar-refractivity contribution in [1.29, 1.82) is 0 Å². The van der Waals surface area contributed by atoms with E-state index in [2.05, 4.69) is 32.5 Å². The molecule has 1 aliphatic carbocycles. The summed E-state index contributed by atoms with van der Waals surface area (Å²) in [4.78, 5) is 5.83. The minimum Gasteiger partial charge on any atom is -0.497 e. The van der Waals surface area contributed by atoms with Gasteiger partial charge in [0.05, 0.1) is 29.6 Å². The van der Waals surface area contributed by atoms with Crippen LogP contribution in [0.1, 0.15) is 24.1 Å². The van der Waals surface area contributed by atoms with Gasteiger partial charge in [0.2, 0.25) is 0 Å². The first-order valence-corrected chi connectivity index (χ1v) is 10.9. The first kappa shape index (κ1) is 18.9. The summed E-state index contributed by atoms with van der Waals surface area (Å²) < 4.78 is 7.31. The molecule has 4 aromatic rings. The second-order valence-electron chi connectivity index (χ2n) is 7.65. The van der Waals surface area contributed by atoms with Gasteiger partial charge in [-0.3, -0.25) is 9.78 Å². The van der Waals surface area contributed by atoms with Gasteiger partial charge in [0.1, 0.15) is 11.4 Å². The highest BCUT2D eigenvalue weighted by Crippen LogP contribution is 2.34. The highest BCUT2D eigenvalue weighted by atomic mass is 32.1. The highest BCUT2D eigenvalue weighted by molar-refractivity contribution is 7.19. The Morgan fingerprint density at radius 3 is 2.83 bits per heavy atom. The van der Waals surface area contributed by atoms with Crippen molar-refractivity contribution in [2.45, 2.75) is 32.9 Å². The monoisotopic (exact) mass is 420 g/mol. The van der Waals surface area contributed by atoms with Crippen LogP contribution in [-0.2, 0) is 13.1 Å². The number of nitrogens with zero attached hydrogens (tertiary/aromatic N) is 4. The SMILES string of the molecule is COc1ccc(-c2[nH]ncc2CNc2nc(C)c(-c3ccn(CC4CC4)n3)s2)cc1. The van der Waals surface area contributed by atoms with E-state index in [0.717, 1.165) is 56.4 Å². The summed E-state index contributed by atoms with van der Waals surface area (Å²) in [5.74, 6) is 1.65. The second kappa shape index (κ2) is 7.95. The van der Waals surface area contributed by atoms with Crippen LogP contribution in [0.15, 0.2) is 42.7 Å². The summed E-state index contributed by atoms with van der Waals surface area (Å²) in [5, 5.41) is 16.4. The maximum atomic E-state index is 5.24. The lowest BCUT2D eigenvalue weighted by Crippen LogP contribution is -1.99. The standard InChI is InChI=1S/C22H24N6OS/c1-14-21(19-9-10-28(27-19)13-15-3-4-15)30-22(25-14)23-11-17-12-24-26-20(17)16-5-7-18(29-2)8-6-16/h5-10,12,15H,3-4,11,13H2,1-2H3,(H,23,25)(H,24,26). The van der Waals surface area contributed by atoms with E-state index < -0.39 is 0 Å². The molecule has 0 amide bonds. The largest absolute Gasteiger partial charge is 0.497 e. The molecule has 0 saturated heterocycles. The van der Waals surface area contributed by atoms with Gasteiger partial charge >= 0.3 is 0 Å². The molecule has 0 atom stereocenters. The van der Waals surface area contributed by atoms with E-state index in [-0.39, 0.29) is 0 Å². The van der Waals surface area contributed by atoms with Crippen molar-refractivity contribution in [3.8, 4) is 27.6 Å². The van der Waals surface area contributed by atoms with E-state index in [1.54, 1.807) is 18.4 Å². The molecule has 0 radical (unpaired) electrons. The summed E-state index contributed by atoms with van der Waals surface area (Å²) in [6, 6.07) is 10.0. The summed E-state index contributed by atoms with van der Waals surface area (Å²) >= 11 is 1.64. The fourth-order valence-electron chi connectivity index (χ4n) is 3.48. The molecule has 1 saturated carbocycles. The van der Waals surface area contributed by atoms with E-state index in [0.29, 0.717) is 6.54 Å². The number of aromatic nitrogens is 5. The number of benzene rings is 1. The van der Waals surface area contributed by atoms with E-state index in [1.165, 1.54) is 12.8 Å². The molecule has 1 aromatic carbocycles. The number of hydrogen-bond acceptors (Lipinski definition) is 6. The number of H-pyrrole nitrogens is 1. The van der Waals surface area contributed by atoms with Gasteiger partial charge in [0.25, 0.3) is 0 Å². The Labute approximate surface area is 179 Å². The van der Waals surface area contributed by atoms with Crippen LogP contribution in [0.2, 0.25) is 0 Å². The molecule has 154 valence electrons. The van der Waals surface area contributed by atoms with Crippen LogP contribution in [0, 0.1) is 12.8 Å². The quantitative estimate of drug-likeness (QED) is 0.430. The Kier molecular flexibility index (Phi) is 5.00. The third kappa shape index (κ3) is 3.95. The molecule has 0 bridgehead atoms. The molecule has 5 rings (SSSR count).